The van der Waals surface area contributed by atoms with Crippen LogP contribution in [0.15, 0.2) is 48.5 Å². The summed E-state index contributed by atoms with van der Waals surface area (Å²) in [4.78, 5) is 30.1. The van der Waals surface area contributed by atoms with Gasteiger partial charge in [-0.2, -0.15) is 0 Å². The average molecular weight is 422 g/mol. The van der Waals surface area contributed by atoms with Crippen LogP contribution >= 0.6 is 0 Å². The molecule has 2 aliphatic heterocycles. The fourth-order valence-electron chi connectivity index (χ4n) is 4.33. The standard InChI is InChI=1S/C25H31N3O3/c1-19-6-2-3-7-21(19)18-27-12-10-20(11-13-27)24(29)26-23-9-5-4-8-22(23)25(30)28-14-16-31-17-15-28/h2-9,20H,10-18H2,1H3,(H,26,29). The highest BCUT2D eigenvalue weighted by atomic mass is 16.5. The molecule has 6 nitrogen and oxygen atoms in total. The van der Waals surface area contributed by atoms with Crippen molar-refractivity contribution in [1.29, 1.82) is 0 Å². The molecule has 31 heavy (non-hydrogen) atoms. The Labute approximate surface area is 184 Å². The van der Waals surface area contributed by atoms with Crippen LogP contribution in [0.4, 0.5) is 5.69 Å². The number of likely N-dealkylation sites (tertiary alicyclic amines) is 1. The molecule has 2 aliphatic rings. The van der Waals surface area contributed by atoms with E-state index in [2.05, 4.69) is 41.4 Å². The number of amides is 2. The number of rotatable bonds is 5. The molecule has 0 bridgehead atoms. The summed E-state index contributed by atoms with van der Waals surface area (Å²) in [6, 6.07) is 15.8. The number of carbonyl (C=O) groups excluding carboxylic acids is 2. The van der Waals surface area contributed by atoms with Crippen LogP contribution in [0.3, 0.4) is 0 Å². The monoisotopic (exact) mass is 421 g/mol. The lowest BCUT2D eigenvalue weighted by Crippen LogP contribution is -2.41. The van der Waals surface area contributed by atoms with E-state index in [4.69, 9.17) is 4.74 Å². The lowest BCUT2D eigenvalue weighted by molar-refractivity contribution is -0.121. The van der Waals surface area contributed by atoms with Crippen LogP contribution in [0, 0.1) is 12.8 Å². The maximum atomic E-state index is 13.0. The summed E-state index contributed by atoms with van der Waals surface area (Å²) in [6.45, 7) is 7.16. The van der Waals surface area contributed by atoms with Gasteiger partial charge in [0.2, 0.25) is 5.91 Å². The fraction of sp³-hybridized carbons (Fsp3) is 0.440. The molecular weight excluding hydrogens is 390 g/mol. The summed E-state index contributed by atoms with van der Waals surface area (Å²) >= 11 is 0. The van der Waals surface area contributed by atoms with Gasteiger partial charge in [0.15, 0.2) is 0 Å². The number of nitrogens with one attached hydrogen (secondary N) is 1. The van der Waals surface area contributed by atoms with Gasteiger partial charge in [0, 0.05) is 25.6 Å². The number of benzene rings is 2. The molecule has 0 atom stereocenters. The molecule has 2 aromatic carbocycles. The van der Waals surface area contributed by atoms with Crippen molar-refractivity contribution >= 4 is 17.5 Å². The Hall–Kier alpha value is -2.70. The van der Waals surface area contributed by atoms with Gasteiger partial charge in [-0.3, -0.25) is 14.5 Å². The van der Waals surface area contributed by atoms with Gasteiger partial charge >= 0.3 is 0 Å². The maximum absolute atomic E-state index is 13.0. The van der Waals surface area contributed by atoms with E-state index in [1.807, 2.05) is 18.2 Å². The molecule has 2 heterocycles. The molecule has 4 rings (SSSR count). The van der Waals surface area contributed by atoms with E-state index in [0.717, 1.165) is 32.5 Å². The number of hydrogen-bond acceptors (Lipinski definition) is 4. The van der Waals surface area contributed by atoms with E-state index in [9.17, 15) is 9.59 Å². The summed E-state index contributed by atoms with van der Waals surface area (Å²) in [5.74, 6) is -0.0651. The van der Waals surface area contributed by atoms with Gasteiger partial charge in [-0.1, -0.05) is 36.4 Å². The van der Waals surface area contributed by atoms with Crippen LogP contribution in [0.5, 0.6) is 0 Å². The van der Waals surface area contributed by atoms with Gasteiger partial charge in [0.25, 0.3) is 5.91 Å². The second kappa shape index (κ2) is 10.1. The Bertz CT molecular complexity index is 916. The summed E-state index contributed by atoms with van der Waals surface area (Å²) in [7, 11) is 0. The fourth-order valence-corrected chi connectivity index (χ4v) is 4.33. The minimum atomic E-state index is -0.0488. The lowest BCUT2D eigenvalue weighted by atomic mass is 9.95. The maximum Gasteiger partial charge on any atom is 0.256 e. The van der Waals surface area contributed by atoms with Crippen LogP contribution in [0.2, 0.25) is 0 Å². The van der Waals surface area contributed by atoms with Crippen molar-refractivity contribution in [2.75, 3.05) is 44.7 Å². The number of ether oxygens (including phenoxy) is 1. The van der Waals surface area contributed by atoms with E-state index in [1.165, 1.54) is 11.1 Å². The number of carbonyl (C=O) groups is 2. The van der Waals surface area contributed by atoms with Crippen molar-refractivity contribution in [3.63, 3.8) is 0 Å². The predicted molar refractivity (Wildman–Crippen MR) is 121 cm³/mol. The number of piperidine rings is 1. The zero-order valence-corrected chi connectivity index (χ0v) is 18.2. The van der Waals surface area contributed by atoms with Crippen LogP contribution in [-0.4, -0.2) is 61.0 Å². The number of anilines is 1. The van der Waals surface area contributed by atoms with E-state index in [1.54, 1.807) is 11.0 Å². The van der Waals surface area contributed by atoms with Gasteiger partial charge in [0.1, 0.15) is 0 Å². The van der Waals surface area contributed by atoms with Crippen molar-refractivity contribution in [1.82, 2.24) is 9.80 Å². The van der Waals surface area contributed by atoms with E-state index < -0.39 is 0 Å². The van der Waals surface area contributed by atoms with Crippen molar-refractivity contribution in [3.8, 4) is 0 Å². The second-order valence-electron chi connectivity index (χ2n) is 8.42. The largest absolute Gasteiger partial charge is 0.378 e. The normalized spacial score (nSPS) is 18.0. The van der Waals surface area contributed by atoms with E-state index >= 15 is 0 Å². The number of para-hydroxylation sites is 1. The highest BCUT2D eigenvalue weighted by Gasteiger charge is 2.27. The molecule has 0 saturated carbocycles. The lowest BCUT2D eigenvalue weighted by Gasteiger charge is -2.32. The van der Waals surface area contributed by atoms with Gasteiger partial charge in [-0.05, 0) is 56.1 Å². The van der Waals surface area contributed by atoms with Gasteiger partial charge in [0.05, 0.1) is 24.5 Å². The van der Waals surface area contributed by atoms with Crippen molar-refractivity contribution < 1.29 is 14.3 Å². The van der Waals surface area contributed by atoms with Crippen LogP contribution < -0.4 is 5.32 Å². The third kappa shape index (κ3) is 5.32. The predicted octanol–water partition coefficient (Wildman–Crippen LogP) is 3.32. The molecular formula is C25H31N3O3. The molecule has 0 spiro atoms. The molecule has 6 heteroatoms. The van der Waals surface area contributed by atoms with E-state index in [-0.39, 0.29) is 17.7 Å². The number of aryl methyl sites for hydroxylation is 1. The van der Waals surface area contributed by atoms with Crippen LogP contribution in [-0.2, 0) is 16.1 Å². The Kier molecular flexibility index (Phi) is 6.99. The Morgan fingerprint density at radius 2 is 1.65 bits per heavy atom. The molecule has 2 saturated heterocycles. The first-order valence-corrected chi connectivity index (χ1v) is 11.2. The van der Waals surface area contributed by atoms with Gasteiger partial charge in [-0.25, -0.2) is 0 Å². The van der Waals surface area contributed by atoms with Crippen molar-refractivity contribution in [2.45, 2.75) is 26.3 Å². The molecule has 2 amide bonds. The molecule has 0 aromatic heterocycles. The molecule has 0 radical (unpaired) electrons. The first kappa shape index (κ1) is 21.5. The van der Waals surface area contributed by atoms with Crippen molar-refractivity contribution in [3.05, 3.63) is 65.2 Å². The molecule has 0 aliphatic carbocycles. The highest BCUT2D eigenvalue weighted by molar-refractivity contribution is 6.04. The summed E-state index contributed by atoms with van der Waals surface area (Å²) in [6.07, 6.45) is 1.66. The average Bonchev–Trinajstić information content (AvgIpc) is 2.81. The molecule has 164 valence electrons. The summed E-state index contributed by atoms with van der Waals surface area (Å²) in [5.41, 5.74) is 3.81. The quantitative estimate of drug-likeness (QED) is 0.805. The first-order chi connectivity index (χ1) is 15.1. The van der Waals surface area contributed by atoms with Gasteiger partial charge in [-0.15, -0.1) is 0 Å². The topological polar surface area (TPSA) is 61.9 Å². The SMILES string of the molecule is Cc1ccccc1CN1CCC(C(=O)Nc2ccccc2C(=O)N2CCOCC2)CC1. The van der Waals surface area contributed by atoms with Crippen LogP contribution in [0.1, 0.15) is 34.3 Å². The molecule has 1 N–H and O–H groups in total. The molecule has 2 aromatic rings. The minimum Gasteiger partial charge on any atom is -0.378 e. The zero-order valence-electron chi connectivity index (χ0n) is 18.2. The Morgan fingerprint density at radius 3 is 2.39 bits per heavy atom. The van der Waals surface area contributed by atoms with Crippen LogP contribution in [0.25, 0.3) is 0 Å². The molecule has 2 fully saturated rings. The summed E-state index contributed by atoms with van der Waals surface area (Å²) < 4.78 is 5.34. The number of nitrogens with zero attached hydrogens (tertiary/aromatic N) is 2. The highest BCUT2D eigenvalue weighted by Crippen LogP contribution is 2.24. The number of morpholine rings is 1. The third-order valence-electron chi connectivity index (χ3n) is 6.33. The minimum absolute atomic E-state index is 0.0118. The zero-order chi connectivity index (χ0) is 21.6. The summed E-state index contributed by atoms with van der Waals surface area (Å²) in [5, 5.41) is 3.04. The number of hydrogen-bond donors (Lipinski definition) is 1. The first-order valence-electron chi connectivity index (χ1n) is 11.2. The second-order valence-corrected chi connectivity index (χ2v) is 8.42. The Morgan fingerprint density at radius 1 is 0.968 bits per heavy atom. The van der Waals surface area contributed by atoms with Crippen molar-refractivity contribution in [2.24, 2.45) is 5.92 Å². The Balaban J connectivity index is 1.34. The molecule has 0 unspecified atom stereocenters. The third-order valence-corrected chi connectivity index (χ3v) is 6.33. The smallest absolute Gasteiger partial charge is 0.256 e. The van der Waals surface area contributed by atoms with Gasteiger partial charge < -0.3 is 15.0 Å². The van der Waals surface area contributed by atoms with E-state index in [0.29, 0.717) is 37.6 Å².